The second kappa shape index (κ2) is 8.71. The first kappa shape index (κ1) is 19.2. The van der Waals surface area contributed by atoms with Gasteiger partial charge in [0.05, 0.1) is 0 Å². The number of hydrogen-bond donors (Lipinski definition) is 1. The Labute approximate surface area is 140 Å². The van der Waals surface area contributed by atoms with Crippen molar-refractivity contribution < 1.29 is 29.0 Å². The molecule has 0 radical (unpaired) electrons. The molecule has 0 bridgehead atoms. The van der Waals surface area contributed by atoms with Crippen LogP contribution in [-0.4, -0.2) is 46.9 Å². The zero-order valence-electron chi connectivity index (χ0n) is 13.9. The largest absolute Gasteiger partial charge is 0.480 e. The van der Waals surface area contributed by atoms with Crippen LogP contribution in [0.1, 0.15) is 26.3 Å². The fourth-order valence-corrected chi connectivity index (χ4v) is 1.70. The van der Waals surface area contributed by atoms with Crippen LogP contribution in [0.4, 0.5) is 4.79 Å². The molecular formula is C17H21NO6. The number of carbonyl (C=O) groups excluding carboxylic acids is 2. The van der Waals surface area contributed by atoms with Crippen LogP contribution < -0.4 is 0 Å². The van der Waals surface area contributed by atoms with Crippen LogP contribution in [0.25, 0.3) is 6.08 Å². The van der Waals surface area contributed by atoms with Gasteiger partial charge in [-0.05, 0) is 32.4 Å². The van der Waals surface area contributed by atoms with Crippen molar-refractivity contribution in [3.63, 3.8) is 0 Å². The fourth-order valence-electron chi connectivity index (χ4n) is 1.70. The van der Waals surface area contributed by atoms with Gasteiger partial charge in [-0.25, -0.2) is 9.59 Å². The number of hydrogen-bond acceptors (Lipinski definition) is 5. The first-order chi connectivity index (χ1) is 11.2. The van der Waals surface area contributed by atoms with Crippen molar-refractivity contribution in [1.29, 1.82) is 0 Å². The summed E-state index contributed by atoms with van der Waals surface area (Å²) in [6, 6.07) is 9.15. The van der Waals surface area contributed by atoms with Gasteiger partial charge in [-0.15, -0.1) is 0 Å². The summed E-state index contributed by atoms with van der Waals surface area (Å²) in [5, 5.41) is 8.84. The van der Waals surface area contributed by atoms with E-state index < -0.39 is 36.9 Å². The summed E-state index contributed by atoms with van der Waals surface area (Å²) < 4.78 is 9.56. The minimum absolute atomic E-state index is 0.510. The molecule has 0 heterocycles. The van der Waals surface area contributed by atoms with Crippen molar-refractivity contribution in [3.8, 4) is 0 Å². The van der Waals surface area contributed by atoms with Gasteiger partial charge in [0.1, 0.15) is 6.54 Å². The second-order valence-corrected chi connectivity index (χ2v) is 5.89. The minimum Gasteiger partial charge on any atom is -0.480 e. The molecule has 1 aromatic rings. The fraction of sp³-hybridized carbons (Fsp3) is 0.353. The van der Waals surface area contributed by atoms with Gasteiger partial charge in [0.15, 0.2) is 0 Å². The monoisotopic (exact) mass is 335 g/mol. The summed E-state index contributed by atoms with van der Waals surface area (Å²) in [7, 11) is 0. The molecule has 130 valence electrons. The van der Waals surface area contributed by atoms with E-state index in [-0.39, 0.29) is 0 Å². The van der Waals surface area contributed by atoms with Crippen LogP contribution in [0.15, 0.2) is 36.4 Å². The summed E-state index contributed by atoms with van der Waals surface area (Å²) in [5.41, 5.74) is 0.0824. The highest BCUT2D eigenvalue weighted by atomic mass is 16.7. The van der Waals surface area contributed by atoms with Crippen LogP contribution in [0.2, 0.25) is 0 Å². The number of ether oxygens (including phenoxy) is 2. The van der Waals surface area contributed by atoms with Gasteiger partial charge in [0.2, 0.25) is 6.79 Å². The lowest BCUT2D eigenvalue weighted by Crippen LogP contribution is -2.48. The van der Waals surface area contributed by atoms with Crippen molar-refractivity contribution in [3.05, 3.63) is 42.0 Å². The van der Waals surface area contributed by atoms with Crippen molar-refractivity contribution >= 4 is 24.1 Å². The van der Waals surface area contributed by atoms with Gasteiger partial charge in [0, 0.05) is 11.6 Å². The minimum atomic E-state index is -1.16. The topological polar surface area (TPSA) is 93.1 Å². The van der Waals surface area contributed by atoms with E-state index in [1.807, 2.05) is 30.3 Å². The van der Waals surface area contributed by atoms with E-state index in [4.69, 9.17) is 14.6 Å². The molecule has 1 aromatic carbocycles. The van der Waals surface area contributed by atoms with E-state index in [0.717, 1.165) is 10.5 Å². The number of carbonyl (C=O) groups is 3. The van der Waals surface area contributed by atoms with Crippen LogP contribution in [0, 0.1) is 0 Å². The Hall–Kier alpha value is -2.83. The molecule has 0 aliphatic carbocycles. The highest BCUT2D eigenvalue weighted by Crippen LogP contribution is 2.14. The van der Waals surface area contributed by atoms with Crippen LogP contribution in [0.3, 0.4) is 0 Å². The zero-order chi connectivity index (χ0) is 18.2. The van der Waals surface area contributed by atoms with E-state index in [0.29, 0.717) is 0 Å². The normalized spacial score (nSPS) is 11.1. The third kappa shape index (κ3) is 6.95. The third-order valence-corrected chi connectivity index (χ3v) is 2.92. The number of esters is 1. The van der Waals surface area contributed by atoms with E-state index >= 15 is 0 Å². The SMILES string of the molecule is CC(C)(C)N(CC(=O)O)C(=O)OCOC(=O)C=Cc1ccccc1. The number of carboxylic acid groups (broad SMARTS) is 1. The standard InChI is InChI=1S/C17H21NO6/c1-17(2,3)18(11-14(19)20)16(22)24-12-23-15(21)10-9-13-7-5-4-6-8-13/h4-10H,11-12H2,1-3H3,(H,19,20). The van der Waals surface area contributed by atoms with Crippen molar-refractivity contribution in [2.45, 2.75) is 26.3 Å². The molecule has 0 aromatic heterocycles. The molecule has 1 rings (SSSR count). The maximum Gasteiger partial charge on any atom is 0.413 e. The molecule has 0 saturated heterocycles. The molecule has 0 fully saturated rings. The summed E-state index contributed by atoms with van der Waals surface area (Å²) in [6.07, 6.45) is 1.91. The van der Waals surface area contributed by atoms with Gasteiger partial charge in [-0.3, -0.25) is 9.69 Å². The quantitative estimate of drug-likeness (QED) is 0.488. The number of benzene rings is 1. The molecule has 0 aliphatic heterocycles. The van der Waals surface area contributed by atoms with Crippen molar-refractivity contribution in [2.24, 2.45) is 0 Å². The third-order valence-electron chi connectivity index (χ3n) is 2.92. The lowest BCUT2D eigenvalue weighted by atomic mass is 10.1. The molecule has 7 nitrogen and oxygen atoms in total. The molecule has 0 saturated carbocycles. The number of rotatable bonds is 6. The number of nitrogens with zero attached hydrogens (tertiary/aromatic N) is 1. The second-order valence-electron chi connectivity index (χ2n) is 5.89. The highest BCUT2D eigenvalue weighted by molar-refractivity contribution is 5.87. The Kier molecular flexibility index (Phi) is 6.98. The Morgan fingerprint density at radius 1 is 1.12 bits per heavy atom. The van der Waals surface area contributed by atoms with E-state index in [1.54, 1.807) is 26.8 Å². The highest BCUT2D eigenvalue weighted by Gasteiger charge is 2.29. The zero-order valence-corrected chi connectivity index (χ0v) is 13.9. The van der Waals surface area contributed by atoms with Crippen LogP contribution in [-0.2, 0) is 19.1 Å². The maximum absolute atomic E-state index is 11.9. The van der Waals surface area contributed by atoms with Crippen LogP contribution >= 0.6 is 0 Å². The van der Waals surface area contributed by atoms with Gasteiger partial charge >= 0.3 is 18.0 Å². The molecule has 0 aliphatic rings. The number of amides is 1. The Morgan fingerprint density at radius 2 is 1.75 bits per heavy atom. The van der Waals surface area contributed by atoms with Crippen molar-refractivity contribution in [2.75, 3.05) is 13.3 Å². The average molecular weight is 335 g/mol. The summed E-state index contributed by atoms with van der Waals surface area (Å²) in [6.45, 7) is 3.91. The van der Waals surface area contributed by atoms with Gasteiger partial charge in [-0.1, -0.05) is 30.3 Å². The predicted octanol–water partition coefficient (Wildman–Crippen LogP) is 2.52. The predicted molar refractivity (Wildman–Crippen MR) is 87.0 cm³/mol. The Balaban J connectivity index is 2.47. The lowest BCUT2D eigenvalue weighted by molar-refractivity contribution is -0.148. The summed E-state index contributed by atoms with van der Waals surface area (Å²) in [5.74, 6) is -1.84. The Bertz CT molecular complexity index is 603. The first-order valence-corrected chi connectivity index (χ1v) is 7.26. The molecule has 0 unspecified atom stereocenters. The molecular weight excluding hydrogens is 314 g/mol. The summed E-state index contributed by atoms with van der Waals surface area (Å²) >= 11 is 0. The molecule has 0 spiro atoms. The molecule has 1 N–H and O–H groups in total. The van der Waals surface area contributed by atoms with Crippen LogP contribution in [0.5, 0.6) is 0 Å². The number of carboxylic acids is 1. The summed E-state index contributed by atoms with van der Waals surface area (Å²) in [4.78, 5) is 35.3. The molecule has 24 heavy (non-hydrogen) atoms. The average Bonchev–Trinajstić information content (AvgIpc) is 2.50. The first-order valence-electron chi connectivity index (χ1n) is 7.26. The lowest BCUT2D eigenvalue weighted by Gasteiger charge is -2.33. The van der Waals surface area contributed by atoms with Gasteiger partial charge in [0.25, 0.3) is 0 Å². The van der Waals surface area contributed by atoms with Crippen molar-refractivity contribution in [1.82, 2.24) is 4.90 Å². The molecule has 0 atom stereocenters. The molecule has 1 amide bonds. The maximum atomic E-state index is 11.9. The smallest absolute Gasteiger partial charge is 0.413 e. The van der Waals surface area contributed by atoms with Gasteiger partial charge < -0.3 is 14.6 Å². The molecule has 7 heteroatoms. The van der Waals surface area contributed by atoms with E-state index in [1.165, 1.54) is 6.08 Å². The van der Waals surface area contributed by atoms with E-state index in [9.17, 15) is 14.4 Å². The van der Waals surface area contributed by atoms with Gasteiger partial charge in [-0.2, -0.15) is 0 Å². The van der Waals surface area contributed by atoms with E-state index in [2.05, 4.69) is 0 Å². The Morgan fingerprint density at radius 3 is 2.29 bits per heavy atom. The number of aliphatic carboxylic acids is 1.